The maximum Gasteiger partial charge on any atom is 0.222 e. The second-order valence-corrected chi connectivity index (χ2v) is 7.74. The molecule has 1 aromatic carbocycles. The van der Waals surface area contributed by atoms with Crippen LogP contribution in [0.3, 0.4) is 0 Å². The molecule has 1 amide bonds. The number of pyridine rings is 1. The monoisotopic (exact) mass is 365 g/mol. The van der Waals surface area contributed by atoms with Gasteiger partial charge in [0.1, 0.15) is 5.75 Å². The fourth-order valence-corrected chi connectivity index (χ4v) is 4.72. The molecule has 2 saturated heterocycles. The number of benzene rings is 1. The Morgan fingerprint density at radius 1 is 1.19 bits per heavy atom. The summed E-state index contributed by atoms with van der Waals surface area (Å²) in [6.07, 6.45) is 4.94. The Bertz CT molecular complexity index is 778. The Kier molecular flexibility index (Phi) is 5.12. The van der Waals surface area contributed by atoms with Gasteiger partial charge in [-0.25, -0.2) is 0 Å². The van der Waals surface area contributed by atoms with Crippen LogP contribution < -0.4 is 4.74 Å². The highest BCUT2D eigenvalue weighted by Gasteiger charge is 2.47. The van der Waals surface area contributed by atoms with Crippen LogP contribution in [0.2, 0.25) is 0 Å². The van der Waals surface area contributed by atoms with E-state index in [0.717, 1.165) is 37.4 Å². The maximum atomic E-state index is 12.7. The van der Waals surface area contributed by atoms with Crippen LogP contribution >= 0.6 is 0 Å². The first-order chi connectivity index (χ1) is 13.2. The third-order valence-corrected chi connectivity index (χ3v) is 6.05. The molecule has 5 nitrogen and oxygen atoms in total. The summed E-state index contributed by atoms with van der Waals surface area (Å²) in [6, 6.07) is 12.7. The van der Waals surface area contributed by atoms with Gasteiger partial charge >= 0.3 is 0 Å². The molecule has 1 aromatic heterocycles. The van der Waals surface area contributed by atoms with E-state index in [2.05, 4.69) is 34.0 Å². The Balaban J connectivity index is 1.40. The van der Waals surface area contributed by atoms with Gasteiger partial charge in [-0.3, -0.25) is 14.7 Å². The van der Waals surface area contributed by atoms with Gasteiger partial charge in [-0.1, -0.05) is 18.2 Å². The molecule has 2 aliphatic heterocycles. The van der Waals surface area contributed by atoms with Crippen LogP contribution in [0.5, 0.6) is 5.75 Å². The van der Waals surface area contributed by atoms with Gasteiger partial charge in [0.25, 0.3) is 0 Å². The second kappa shape index (κ2) is 7.69. The van der Waals surface area contributed by atoms with Crippen LogP contribution in [0.25, 0.3) is 0 Å². The van der Waals surface area contributed by atoms with Crippen molar-refractivity contribution in [3.63, 3.8) is 0 Å². The molecule has 0 spiro atoms. The first kappa shape index (κ1) is 18.0. The minimum Gasteiger partial charge on any atom is -0.497 e. The van der Waals surface area contributed by atoms with Crippen molar-refractivity contribution in [1.82, 2.24) is 14.8 Å². The standard InChI is InChI=1S/C22H27N3O2/c1-24-13-18-14-25(21(26)10-5-16-4-3-11-23-12-16)15-20(18)22(24)17-6-8-19(27-2)9-7-17/h3-4,6-9,11-12,18,20,22H,5,10,13-15H2,1-2H3/t18-,20+,22+/m0/s1. The largest absolute Gasteiger partial charge is 0.497 e. The fourth-order valence-electron chi connectivity index (χ4n) is 4.72. The number of amides is 1. The summed E-state index contributed by atoms with van der Waals surface area (Å²) >= 11 is 0. The second-order valence-electron chi connectivity index (χ2n) is 7.74. The van der Waals surface area contributed by atoms with E-state index in [-0.39, 0.29) is 5.91 Å². The molecular weight excluding hydrogens is 338 g/mol. The summed E-state index contributed by atoms with van der Waals surface area (Å²) in [5.74, 6) is 2.22. The zero-order chi connectivity index (χ0) is 18.8. The van der Waals surface area contributed by atoms with Crippen LogP contribution in [-0.4, -0.2) is 54.5 Å². The minimum absolute atomic E-state index is 0.268. The Labute approximate surface area is 161 Å². The van der Waals surface area contributed by atoms with Crippen molar-refractivity contribution >= 4 is 5.91 Å². The van der Waals surface area contributed by atoms with E-state index in [1.807, 2.05) is 30.5 Å². The van der Waals surface area contributed by atoms with Gasteiger partial charge < -0.3 is 9.64 Å². The molecule has 27 heavy (non-hydrogen) atoms. The first-order valence-corrected chi connectivity index (χ1v) is 9.66. The van der Waals surface area contributed by atoms with Crippen LogP contribution in [0, 0.1) is 11.8 Å². The molecular formula is C22H27N3O2. The number of fused-ring (bicyclic) bond motifs is 1. The number of hydrogen-bond acceptors (Lipinski definition) is 4. The Morgan fingerprint density at radius 2 is 2.00 bits per heavy atom. The molecule has 0 unspecified atom stereocenters. The van der Waals surface area contributed by atoms with E-state index < -0.39 is 0 Å². The van der Waals surface area contributed by atoms with Crippen molar-refractivity contribution in [1.29, 1.82) is 0 Å². The lowest BCUT2D eigenvalue weighted by atomic mass is 9.89. The number of methoxy groups -OCH3 is 1. The molecule has 0 radical (unpaired) electrons. The van der Waals surface area contributed by atoms with Crippen molar-refractivity contribution in [2.24, 2.45) is 11.8 Å². The third kappa shape index (κ3) is 3.69. The van der Waals surface area contributed by atoms with Crippen LogP contribution in [0.4, 0.5) is 0 Å². The van der Waals surface area contributed by atoms with Gasteiger partial charge in [-0.15, -0.1) is 0 Å². The number of hydrogen-bond donors (Lipinski definition) is 0. The lowest BCUT2D eigenvalue weighted by Gasteiger charge is -2.27. The van der Waals surface area contributed by atoms with E-state index in [1.54, 1.807) is 13.3 Å². The summed E-state index contributed by atoms with van der Waals surface area (Å²) in [6.45, 7) is 2.79. The average molecular weight is 365 g/mol. The first-order valence-electron chi connectivity index (χ1n) is 9.66. The molecule has 0 N–H and O–H groups in total. The van der Waals surface area contributed by atoms with Crippen LogP contribution in [0.15, 0.2) is 48.8 Å². The van der Waals surface area contributed by atoms with Crippen molar-refractivity contribution < 1.29 is 9.53 Å². The SMILES string of the molecule is COc1ccc([C@@H]2[C@@H]3CN(C(=O)CCc4cccnc4)C[C@@H]3CN2C)cc1. The molecule has 5 heteroatoms. The minimum atomic E-state index is 0.268. The zero-order valence-electron chi connectivity index (χ0n) is 16.0. The molecule has 142 valence electrons. The highest BCUT2D eigenvalue weighted by atomic mass is 16.5. The third-order valence-electron chi connectivity index (χ3n) is 6.05. The molecule has 0 aliphatic carbocycles. The number of ether oxygens (including phenoxy) is 1. The smallest absolute Gasteiger partial charge is 0.222 e. The molecule has 3 heterocycles. The number of likely N-dealkylation sites (tertiary alicyclic amines) is 2. The van der Waals surface area contributed by atoms with Gasteiger partial charge in [-0.05, 0) is 48.7 Å². The number of carbonyl (C=O) groups excluding carboxylic acids is 1. The van der Waals surface area contributed by atoms with Crippen molar-refractivity contribution in [3.8, 4) is 5.75 Å². The van der Waals surface area contributed by atoms with Gasteiger partial charge in [0, 0.05) is 50.4 Å². The maximum absolute atomic E-state index is 12.7. The molecule has 2 aromatic rings. The summed E-state index contributed by atoms with van der Waals surface area (Å²) in [4.78, 5) is 21.4. The van der Waals surface area contributed by atoms with E-state index in [0.29, 0.717) is 24.3 Å². The zero-order valence-corrected chi connectivity index (χ0v) is 16.0. The number of aromatic nitrogens is 1. The Hall–Kier alpha value is -2.40. The van der Waals surface area contributed by atoms with Crippen molar-refractivity contribution in [3.05, 3.63) is 59.9 Å². The van der Waals surface area contributed by atoms with Gasteiger partial charge in [0.2, 0.25) is 5.91 Å². The molecule has 0 saturated carbocycles. The number of rotatable bonds is 5. The summed E-state index contributed by atoms with van der Waals surface area (Å²) in [5.41, 5.74) is 2.44. The molecule has 4 rings (SSSR count). The van der Waals surface area contributed by atoms with Crippen LogP contribution in [0.1, 0.15) is 23.6 Å². The van der Waals surface area contributed by atoms with Gasteiger partial charge in [0.05, 0.1) is 7.11 Å². The molecule has 3 atom stereocenters. The van der Waals surface area contributed by atoms with E-state index in [9.17, 15) is 4.79 Å². The molecule has 0 bridgehead atoms. The fraction of sp³-hybridized carbons (Fsp3) is 0.455. The topological polar surface area (TPSA) is 45.7 Å². The van der Waals surface area contributed by atoms with Gasteiger partial charge in [0.15, 0.2) is 0 Å². The van der Waals surface area contributed by atoms with E-state index in [1.165, 1.54) is 5.56 Å². The van der Waals surface area contributed by atoms with Crippen LogP contribution in [-0.2, 0) is 11.2 Å². The quantitative estimate of drug-likeness (QED) is 0.817. The highest BCUT2D eigenvalue weighted by Crippen LogP contribution is 2.44. The molecule has 2 fully saturated rings. The predicted octanol–water partition coefficient (Wildman–Crippen LogP) is 2.78. The van der Waals surface area contributed by atoms with Crippen molar-refractivity contribution in [2.75, 3.05) is 33.8 Å². The molecule has 2 aliphatic rings. The van der Waals surface area contributed by atoms with Gasteiger partial charge in [-0.2, -0.15) is 0 Å². The van der Waals surface area contributed by atoms with E-state index >= 15 is 0 Å². The lowest BCUT2D eigenvalue weighted by Crippen LogP contribution is -2.33. The van der Waals surface area contributed by atoms with E-state index in [4.69, 9.17) is 4.74 Å². The average Bonchev–Trinajstić information content (AvgIpc) is 3.24. The summed E-state index contributed by atoms with van der Waals surface area (Å²) in [5, 5.41) is 0. The predicted molar refractivity (Wildman–Crippen MR) is 104 cm³/mol. The normalized spacial score (nSPS) is 24.8. The highest BCUT2D eigenvalue weighted by molar-refractivity contribution is 5.76. The summed E-state index contributed by atoms with van der Waals surface area (Å²) in [7, 11) is 3.89. The summed E-state index contributed by atoms with van der Waals surface area (Å²) < 4.78 is 5.29. The Morgan fingerprint density at radius 3 is 2.70 bits per heavy atom. The lowest BCUT2D eigenvalue weighted by molar-refractivity contribution is -0.130. The number of aryl methyl sites for hydroxylation is 1. The number of nitrogens with zero attached hydrogens (tertiary/aromatic N) is 3. The number of carbonyl (C=O) groups is 1. The van der Waals surface area contributed by atoms with Crippen molar-refractivity contribution in [2.45, 2.75) is 18.9 Å².